The van der Waals surface area contributed by atoms with Gasteiger partial charge in [0.05, 0.1) is 0 Å². The minimum Gasteiger partial charge on any atom is -0.444 e. The lowest BCUT2D eigenvalue weighted by Crippen LogP contribution is -2.45. The number of ether oxygens (including phenoxy) is 1. The molecule has 1 fully saturated rings. The molecule has 0 aromatic heterocycles. The van der Waals surface area contributed by atoms with E-state index in [1.54, 1.807) is 0 Å². The number of piperidine rings is 1. The minimum absolute atomic E-state index is 0.168. The molecule has 0 radical (unpaired) electrons. The molecule has 4 nitrogen and oxygen atoms in total. The summed E-state index contributed by atoms with van der Waals surface area (Å²) >= 11 is 0. The zero-order valence-electron chi connectivity index (χ0n) is 11.6. The molecule has 0 spiro atoms. The molecule has 0 aliphatic carbocycles. The second-order valence-electron chi connectivity index (χ2n) is 5.74. The Morgan fingerprint density at radius 2 is 2.18 bits per heavy atom. The van der Waals surface area contributed by atoms with Crippen molar-refractivity contribution in [2.45, 2.75) is 46.1 Å². The first-order valence-corrected chi connectivity index (χ1v) is 6.61. The van der Waals surface area contributed by atoms with Crippen LogP contribution in [0.1, 0.15) is 40.5 Å². The third-order valence-electron chi connectivity index (χ3n) is 2.85. The number of likely N-dealkylation sites (tertiary alicyclic amines) is 1. The van der Waals surface area contributed by atoms with Crippen molar-refractivity contribution >= 4 is 6.09 Å². The van der Waals surface area contributed by atoms with Gasteiger partial charge in [-0.2, -0.15) is 0 Å². The van der Waals surface area contributed by atoms with Crippen LogP contribution in [-0.4, -0.2) is 42.8 Å². The second-order valence-corrected chi connectivity index (χ2v) is 5.74. The molecule has 0 saturated carbocycles. The van der Waals surface area contributed by atoms with Crippen LogP contribution < -0.4 is 5.32 Å². The van der Waals surface area contributed by atoms with Crippen LogP contribution in [0.2, 0.25) is 0 Å². The fraction of sp³-hybridized carbons (Fsp3) is 0.923. The Morgan fingerprint density at radius 3 is 2.76 bits per heavy atom. The van der Waals surface area contributed by atoms with E-state index in [0.29, 0.717) is 5.92 Å². The molecule has 1 heterocycles. The molecule has 0 bridgehead atoms. The minimum atomic E-state index is -0.397. The van der Waals surface area contributed by atoms with Crippen LogP contribution in [0.25, 0.3) is 0 Å². The summed E-state index contributed by atoms with van der Waals surface area (Å²) in [5.41, 5.74) is -0.397. The molecule has 1 saturated heterocycles. The van der Waals surface area contributed by atoms with Crippen LogP contribution in [0, 0.1) is 5.92 Å². The van der Waals surface area contributed by atoms with Crippen molar-refractivity contribution in [3.63, 3.8) is 0 Å². The number of rotatable bonds is 3. The Kier molecular flexibility index (Phi) is 5.25. The van der Waals surface area contributed by atoms with Gasteiger partial charge in [-0.1, -0.05) is 6.92 Å². The van der Waals surface area contributed by atoms with Crippen molar-refractivity contribution < 1.29 is 9.53 Å². The standard InChI is InChI=1S/C13H26N2O2/c1-5-14-9-11-7-6-8-15(10-11)12(16)17-13(2,3)4/h11,14H,5-10H2,1-4H3. The lowest BCUT2D eigenvalue weighted by molar-refractivity contribution is 0.0167. The molecule has 1 amide bonds. The summed E-state index contributed by atoms with van der Waals surface area (Å²) in [4.78, 5) is 13.8. The Labute approximate surface area is 105 Å². The number of hydrogen-bond donors (Lipinski definition) is 1. The maximum absolute atomic E-state index is 11.9. The third kappa shape index (κ3) is 5.39. The fourth-order valence-electron chi connectivity index (χ4n) is 2.07. The van der Waals surface area contributed by atoms with E-state index in [9.17, 15) is 4.79 Å². The smallest absolute Gasteiger partial charge is 0.410 e. The normalized spacial score (nSPS) is 21.4. The Morgan fingerprint density at radius 1 is 1.47 bits per heavy atom. The highest BCUT2D eigenvalue weighted by molar-refractivity contribution is 5.68. The van der Waals surface area contributed by atoms with Gasteiger partial charge in [-0.05, 0) is 52.6 Å². The van der Waals surface area contributed by atoms with Gasteiger partial charge < -0.3 is 15.0 Å². The summed E-state index contributed by atoms with van der Waals surface area (Å²) in [7, 11) is 0. The maximum Gasteiger partial charge on any atom is 0.410 e. The predicted molar refractivity (Wildman–Crippen MR) is 69.1 cm³/mol. The fourth-order valence-corrected chi connectivity index (χ4v) is 2.07. The van der Waals surface area contributed by atoms with Gasteiger partial charge in [-0.25, -0.2) is 4.79 Å². The third-order valence-corrected chi connectivity index (χ3v) is 2.85. The quantitative estimate of drug-likeness (QED) is 0.825. The van der Waals surface area contributed by atoms with Crippen LogP contribution in [-0.2, 0) is 4.74 Å². The highest BCUT2D eigenvalue weighted by atomic mass is 16.6. The highest BCUT2D eigenvalue weighted by Crippen LogP contribution is 2.18. The topological polar surface area (TPSA) is 41.6 Å². The van der Waals surface area contributed by atoms with Gasteiger partial charge in [-0.15, -0.1) is 0 Å². The highest BCUT2D eigenvalue weighted by Gasteiger charge is 2.27. The summed E-state index contributed by atoms with van der Waals surface area (Å²) in [5, 5.41) is 3.35. The summed E-state index contributed by atoms with van der Waals surface area (Å²) in [5.74, 6) is 0.566. The maximum atomic E-state index is 11.9. The Bertz CT molecular complexity index is 248. The Balaban J connectivity index is 2.40. The van der Waals surface area contributed by atoms with Gasteiger partial charge in [-0.3, -0.25) is 0 Å². The van der Waals surface area contributed by atoms with E-state index in [1.807, 2.05) is 25.7 Å². The Hall–Kier alpha value is -0.770. The second kappa shape index (κ2) is 6.24. The van der Waals surface area contributed by atoms with Crippen molar-refractivity contribution in [3.8, 4) is 0 Å². The van der Waals surface area contributed by atoms with Crippen LogP contribution in [0.3, 0.4) is 0 Å². The van der Waals surface area contributed by atoms with Crippen LogP contribution in [0.4, 0.5) is 4.79 Å². The van der Waals surface area contributed by atoms with Gasteiger partial charge in [0.2, 0.25) is 0 Å². The average molecular weight is 242 g/mol. The lowest BCUT2D eigenvalue weighted by Gasteiger charge is -2.34. The van der Waals surface area contributed by atoms with Gasteiger partial charge in [0, 0.05) is 13.1 Å². The number of carbonyl (C=O) groups excluding carboxylic acids is 1. The lowest BCUT2D eigenvalue weighted by atomic mass is 9.98. The number of carbonyl (C=O) groups is 1. The first kappa shape index (κ1) is 14.3. The van der Waals surface area contributed by atoms with Crippen molar-refractivity contribution in [2.24, 2.45) is 5.92 Å². The van der Waals surface area contributed by atoms with Crippen molar-refractivity contribution in [2.75, 3.05) is 26.2 Å². The van der Waals surface area contributed by atoms with Crippen LogP contribution >= 0.6 is 0 Å². The number of hydrogen-bond acceptors (Lipinski definition) is 3. The first-order chi connectivity index (χ1) is 7.92. The van der Waals surface area contributed by atoms with Crippen LogP contribution in [0.5, 0.6) is 0 Å². The zero-order valence-corrected chi connectivity index (χ0v) is 11.6. The molecule has 1 rings (SSSR count). The van der Waals surface area contributed by atoms with Gasteiger partial charge in [0.1, 0.15) is 5.60 Å². The van der Waals surface area contributed by atoms with Crippen molar-refractivity contribution in [1.29, 1.82) is 0 Å². The molecule has 1 N–H and O–H groups in total. The molecule has 1 unspecified atom stereocenters. The number of nitrogens with zero attached hydrogens (tertiary/aromatic N) is 1. The largest absolute Gasteiger partial charge is 0.444 e. The van der Waals surface area contributed by atoms with Gasteiger partial charge >= 0.3 is 6.09 Å². The van der Waals surface area contributed by atoms with E-state index in [4.69, 9.17) is 4.74 Å². The van der Waals surface area contributed by atoms with Gasteiger partial charge in [0.15, 0.2) is 0 Å². The molecular weight excluding hydrogens is 216 g/mol. The predicted octanol–water partition coefficient (Wildman–Crippen LogP) is 2.24. The van der Waals surface area contributed by atoms with E-state index in [1.165, 1.54) is 6.42 Å². The molecule has 1 atom stereocenters. The summed E-state index contributed by atoms with van der Waals surface area (Å²) < 4.78 is 5.40. The van der Waals surface area contributed by atoms with Gasteiger partial charge in [0.25, 0.3) is 0 Å². The molecule has 17 heavy (non-hydrogen) atoms. The van der Waals surface area contributed by atoms with E-state index in [0.717, 1.165) is 32.6 Å². The molecule has 0 aromatic rings. The van der Waals surface area contributed by atoms with E-state index >= 15 is 0 Å². The van der Waals surface area contributed by atoms with E-state index in [2.05, 4.69) is 12.2 Å². The van der Waals surface area contributed by atoms with Crippen LogP contribution in [0.15, 0.2) is 0 Å². The molecule has 100 valence electrons. The summed E-state index contributed by atoms with van der Waals surface area (Å²) in [6, 6.07) is 0. The summed E-state index contributed by atoms with van der Waals surface area (Å²) in [6.07, 6.45) is 2.11. The molecule has 4 heteroatoms. The van der Waals surface area contributed by atoms with E-state index < -0.39 is 5.60 Å². The monoisotopic (exact) mass is 242 g/mol. The van der Waals surface area contributed by atoms with Crippen molar-refractivity contribution in [3.05, 3.63) is 0 Å². The zero-order chi connectivity index (χ0) is 12.9. The molecule has 0 aromatic carbocycles. The number of amides is 1. The molecular formula is C13H26N2O2. The van der Waals surface area contributed by atoms with E-state index in [-0.39, 0.29) is 6.09 Å². The SMILES string of the molecule is CCNCC1CCCN(C(=O)OC(C)(C)C)C1. The molecule has 1 aliphatic heterocycles. The molecule has 1 aliphatic rings. The van der Waals surface area contributed by atoms with Crippen molar-refractivity contribution in [1.82, 2.24) is 10.2 Å². The average Bonchev–Trinajstić information content (AvgIpc) is 2.24. The first-order valence-electron chi connectivity index (χ1n) is 6.61. The number of nitrogens with one attached hydrogen (secondary N) is 1. The summed E-state index contributed by atoms with van der Waals surface area (Å²) in [6.45, 7) is 11.5.